The minimum absolute atomic E-state index is 0.690. The van der Waals surface area contributed by atoms with Gasteiger partial charge in [-0.05, 0) is 41.8 Å². The number of hydrogen-bond donors (Lipinski definition) is 0. The number of benzene rings is 2. The van der Waals surface area contributed by atoms with Crippen LogP contribution in [0, 0.1) is 0 Å². The van der Waals surface area contributed by atoms with Crippen LogP contribution in [0.5, 0.6) is 5.75 Å². The maximum absolute atomic E-state index is 5.99. The molecule has 0 amide bonds. The predicted octanol–water partition coefficient (Wildman–Crippen LogP) is 5.18. The van der Waals surface area contributed by atoms with Gasteiger partial charge >= 0.3 is 0 Å². The predicted molar refractivity (Wildman–Crippen MR) is 99.2 cm³/mol. The molecule has 4 heteroatoms. The fraction of sp³-hybridized carbons (Fsp3) is 0.150. The molecule has 0 saturated carbocycles. The summed E-state index contributed by atoms with van der Waals surface area (Å²) in [6, 6.07) is 15.9. The molecule has 0 atom stereocenters. The summed E-state index contributed by atoms with van der Waals surface area (Å²) in [4.78, 5) is 4.02. The van der Waals surface area contributed by atoms with Crippen LogP contribution in [0.2, 0.25) is 5.02 Å². The maximum Gasteiger partial charge on any atom is 0.119 e. The largest absolute Gasteiger partial charge is 0.494 e. The Kier molecular flexibility index (Phi) is 5.70. The van der Waals surface area contributed by atoms with Crippen LogP contribution < -0.4 is 4.74 Å². The minimum Gasteiger partial charge on any atom is -0.494 e. The second kappa shape index (κ2) is 8.37. The van der Waals surface area contributed by atoms with Gasteiger partial charge in [-0.3, -0.25) is 0 Å². The molecule has 3 nitrogen and oxygen atoms in total. The Bertz CT molecular complexity index is 780. The summed E-state index contributed by atoms with van der Waals surface area (Å²) >= 11 is 5.99. The quantitative estimate of drug-likeness (QED) is 0.438. The van der Waals surface area contributed by atoms with Crippen LogP contribution in [0.15, 0.2) is 67.3 Å². The summed E-state index contributed by atoms with van der Waals surface area (Å²) < 4.78 is 7.81. The normalized spacial score (nSPS) is 11.0. The van der Waals surface area contributed by atoms with Gasteiger partial charge in [0, 0.05) is 24.0 Å². The van der Waals surface area contributed by atoms with Crippen molar-refractivity contribution in [3.63, 3.8) is 0 Å². The van der Waals surface area contributed by atoms with Crippen molar-refractivity contribution in [2.75, 3.05) is 6.61 Å². The third-order valence-corrected chi connectivity index (χ3v) is 3.82. The Balaban J connectivity index is 1.48. The van der Waals surface area contributed by atoms with E-state index in [9.17, 15) is 0 Å². The minimum atomic E-state index is 0.690. The Morgan fingerprint density at radius 2 is 1.88 bits per heavy atom. The van der Waals surface area contributed by atoms with Gasteiger partial charge in [0.15, 0.2) is 0 Å². The number of aromatic nitrogens is 2. The van der Waals surface area contributed by atoms with Crippen LogP contribution in [-0.4, -0.2) is 16.2 Å². The fourth-order valence-electron chi connectivity index (χ4n) is 2.33. The van der Waals surface area contributed by atoms with Crippen LogP contribution in [0.4, 0.5) is 0 Å². The summed E-state index contributed by atoms with van der Waals surface area (Å²) in [7, 11) is 0. The highest BCUT2D eigenvalue weighted by Crippen LogP contribution is 2.16. The van der Waals surface area contributed by atoms with Crippen molar-refractivity contribution in [1.29, 1.82) is 0 Å². The van der Waals surface area contributed by atoms with E-state index in [1.54, 1.807) is 6.20 Å². The number of halogens is 1. The lowest BCUT2D eigenvalue weighted by Gasteiger charge is -2.06. The van der Waals surface area contributed by atoms with Gasteiger partial charge in [-0.15, -0.1) is 0 Å². The van der Waals surface area contributed by atoms with E-state index in [4.69, 9.17) is 16.3 Å². The van der Waals surface area contributed by atoms with Crippen molar-refractivity contribution in [3.8, 4) is 5.75 Å². The van der Waals surface area contributed by atoms with E-state index < -0.39 is 0 Å². The van der Waals surface area contributed by atoms with E-state index in [-0.39, 0.29) is 0 Å². The zero-order valence-corrected chi connectivity index (χ0v) is 14.1. The highest BCUT2D eigenvalue weighted by Gasteiger charge is 1.96. The molecule has 24 heavy (non-hydrogen) atoms. The molecule has 1 aromatic heterocycles. The number of nitrogens with zero attached hydrogens (tertiary/aromatic N) is 2. The monoisotopic (exact) mass is 338 g/mol. The summed E-state index contributed by atoms with van der Waals surface area (Å²) in [5, 5.41) is 0.747. The molecule has 0 bridgehead atoms. The average Bonchev–Trinajstić information content (AvgIpc) is 3.11. The highest BCUT2D eigenvalue weighted by atomic mass is 35.5. The lowest BCUT2D eigenvalue weighted by Crippen LogP contribution is -2.02. The molecule has 3 aromatic rings. The van der Waals surface area contributed by atoms with Crippen molar-refractivity contribution < 1.29 is 4.74 Å². The third kappa shape index (κ3) is 5.00. The van der Waals surface area contributed by atoms with Gasteiger partial charge in [-0.25, -0.2) is 4.98 Å². The molecule has 0 aliphatic heterocycles. The number of aryl methyl sites for hydroxylation is 1. The summed E-state index contributed by atoms with van der Waals surface area (Å²) in [6.07, 6.45) is 10.6. The van der Waals surface area contributed by atoms with Gasteiger partial charge in [0.05, 0.1) is 12.9 Å². The Labute approximate surface area is 147 Å². The zero-order chi connectivity index (χ0) is 16.6. The molecule has 122 valence electrons. The molecule has 1 heterocycles. The molecule has 0 fully saturated rings. The summed E-state index contributed by atoms with van der Waals surface area (Å²) in [5.41, 5.74) is 2.21. The lowest BCUT2D eigenvalue weighted by atomic mass is 10.1. The molecule has 0 spiro atoms. The highest BCUT2D eigenvalue weighted by molar-refractivity contribution is 6.30. The van der Waals surface area contributed by atoms with E-state index in [1.807, 2.05) is 71.7 Å². The topological polar surface area (TPSA) is 27.1 Å². The standard InChI is InChI=1S/C20H19ClN2O/c21-19-4-1-3-18(15-19)6-5-17-7-9-20(10-8-17)24-14-2-12-23-13-11-22-16-23/h1,3-11,13,15-16H,2,12,14H2/b6-5+. The van der Waals surface area contributed by atoms with E-state index in [1.165, 1.54) is 0 Å². The van der Waals surface area contributed by atoms with E-state index in [0.717, 1.165) is 34.9 Å². The van der Waals surface area contributed by atoms with Crippen LogP contribution >= 0.6 is 11.6 Å². The maximum atomic E-state index is 5.99. The summed E-state index contributed by atoms with van der Waals surface area (Å²) in [6.45, 7) is 1.61. The molecular formula is C20H19ClN2O. The molecule has 0 aliphatic carbocycles. The first-order chi connectivity index (χ1) is 11.8. The first kappa shape index (κ1) is 16.3. The molecule has 0 saturated heterocycles. The molecule has 3 rings (SSSR count). The molecule has 2 aromatic carbocycles. The number of hydrogen-bond acceptors (Lipinski definition) is 2. The van der Waals surface area contributed by atoms with Gasteiger partial charge < -0.3 is 9.30 Å². The number of ether oxygens (including phenoxy) is 1. The van der Waals surface area contributed by atoms with Gasteiger partial charge in [-0.2, -0.15) is 0 Å². The van der Waals surface area contributed by atoms with Crippen molar-refractivity contribution in [3.05, 3.63) is 83.4 Å². The molecular weight excluding hydrogens is 320 g/mol. The van der Waals surface area contributed by atoms with Crippen molar-refractivity contribution in [2.45, 2.75) is 13.0 Å². The molecule has 0 N–H and O–H groups in total. The Morgan fingerprint density at radius 3 is 2.62 bits per heavy atom. The smallest absolute Gasteiger partial charge is 0.119 e. The second-order valence-electron chi connectivity index (χ2n) is 5.46. The van der Waals surface area contributed by atoms with E-state index in [2.05, 4.69) is 11.1 Å². The first-order valence-electron chi connectivity index (χ1n) is 7.92. The molecule has 0 radical (unpaired) electrons. The molecule has 0 unspecified atom stereocenters. The number of imidazole rings is 1. The van der Waals surface area contributed by atoms with Crippen molar-refractivity contribution in [1.82, 2.24) is 9.55 Å². The van der Waals surface area contributed by atoms with Crippen LogP contribution in [-0.2, 0) is 6.54 Å². The SMILES string of the molecule is Clc1cccc(/C=C/c2ccc(OCCCn3ccnc3)cc2)c1. The van der Waals surface area contributed by atoms with Gasteiger partial charge in [-0.1, -0.05) is 48.0 Å². The van der Waals surface area contributed by atoms with Gasteiger partial charge in [0.25, 0.3) is 0 Å². The number of rotatable bonds is 7. The molecule has 0 aliphatic rings. The van der Waals surface area contributed by atoms with Crippen LogP contribution in [0.25, 0.3) is 12.2 Å². The van der Waals surface area contributed by atoms with Gasteiger partial charge in [0.1, 0.15) is 5.75 Å². The Hall–Kier alpha value is -2.52. The average molecular weight is 339 g/mol. The van der Waals surface area contributed by atoms with Crippen LogP contribution in [0.1, 0.15) is 17.5 Å². The van der Waals surface area contributed by atoms with Crippen LogP contribution in [0.3, 0.4) is 0 Å². The first-order valence-corrected chi connectivity index (χ1v) is 8.30. The van der Waals surface area contributed by atoms with E-state index >= 15 is 0 Å². The zero-order valence-electron chi connectivity index (χ0n) is 13.3. The third-order valence-electron chi connectivity index (χ3n) is 3.59. The second-order valence-corrected chi connectivity index (χ2v) is 5.90. The van der Waals surface area contributed by atoms with Crippen molar-refractivity contribution >= 4 is 23.8 Å². The lowest BCUT2D eigenvalue weighted by molar-refractivity contribution is 0.302. The van der Waals surface area contributed by atoms with E-state index in [0.29, 0.717) is 6.61 Å². The van der Waals surface area contributed by atoms with Crippen molar-refractivity contribution in [2.24, 2.45) is 0 Å². The summed E-state index contributed by atoms with van der Waals surface area (Å²) in [5.74, 6) is 0.889. The fourth-order valence-corrected chi connectivity index (χ4v) is 2.53. The van der Waals surface area contributed by atoms with Gasteiger partial charge in [0.2, 0.25) is 0 Å². The Morgan fingerprint density at radius 1 is 1.04 bits per heavy atom.